The first-order valence-electron chi connectivity index (χ1n) is 7.85. The molecule has 1 atom stereocenters. The van der Waals surface area contributed by atoms with Gasteiger partial charge in [-0.3, -0.25) is 0 Å². The monoisotopic (exact) mass is 353 g/mol. The van der Waals surface area contributed by atoms with Crippen LogP contribution < -0.4 is 14.8 Å². The Bertz CT molecular complexity index is 510. The topological polar surface area (TPSA) is 30.5 Å². The largest absolute Gasteiger partial charge is 0.489 e. The number of ether oxygens (including phenoxy) is 2. The lowest BCUT2D eigenvalue weighted by Gasteiger charge is -2.24. The van der Waals surface area contributed by atoms with Crippen molar-refractivity contribution in [2.45, 2.75) is 45.6 Å². The third kappa shape index (κ3) is 3.72. The highest BCUT2D eigenvalue weighted by Gasteiger charge is 2.27. The van der Waals surface area contributed by atoms with Crippen molar-refractivity contribution in [3.8, 4) is 11.5 Å². The molecule has 116 valence electrons. The molecular weight excluding hydrogens is 330 g/mol. The molecule has 0 amide bonds. The molecule has 2 aliphatic rings. The molecule has 1 unspecified atom stereocenters. The Labute approximate surface area is 135 Å². The molecule has 0 radical (unpaired) electrons. The molecular formula is C17H24BrNO2. The first-order valence-corrected chi connectivity index (χ1v) is 8.64. The standard InChI is InChI=1S/C17H24BrNO2/c1-17(2)10-20-15-9-12(7-13-5-3-4-6-19-13)8-14(18)16(15)21-11-17/h8-9,13,19H,3-7,10-11H2,1-2H3. The van der Waals surface area contributed by atoms with Crippen molar-refractivity contribution in [3.05, 3.63) is 22.2 Å². The molecule has 1 aromatic rings. The zero-order valence-corrected chi connectivity index (χ0v) is 14.5. The summed E-state index contributed by atoms with van der Waals surface area (Å²) in [5.74, 6) is 1.72. The van der Waals surface area contributed by atoms with Gasteiger partial charge in [0.25, 0.3) is 0 Å². The molecule has 0 aromatic heterocycles. The van der Waals surface area contributed by atoms with E-state index >= 15 is 0 Å². The predicted molar refractivity (Wildman–Crippen MR) is 88.3 cm³/mol. The lowest BCUT2D eigenvalue weighted by Crippen LogP contribution is -2.35. The minimum Gasteiger partial charge on any atom is -0.489 e. The van der Waals surface area contributed by atoms with Crippen LogP contribution in [0.25, 0.3) is 0 Å². The van der Waals surface area contributed by atoms with Gasteiger partial charge in [0.2, 0.25) is 0 Å². The Morgan fingerprint density at radius 1 is 1.24 bits per heavy atom. The van der Waals surface area contributed by atoms with Crippen molar-refractivity contribution in [2.75, 3.05) is 19.8 Å². The van der Waals surface area contributed by atoms with Crippen LogP contribution >= 0.6 is 15.9 Å². The molecule has 0 spiro atoms. The van der Waals surface area contributed by atoms with Gasteiger partial charge in [0.1, 0.15) is 0 Å². The zero-order chi connectivity index (χ0) is 14.9. The number of piperidine rings is 1. The van der Waals surface area contributed by atoms with Crippen LogP contribution in [0.1, 0.15) is 38.7 Å². The molecule has 4 heteroatoms. The Kier molecular flexibility index (Phi) is 4.46. The zero-order valence-electron chi connectivity index (χ0n) is 12.9. The molecule has 1 N–H and O–H groups in total. The van der Waals surface area contributed by atoms with Gasteiger partial charge in [0, 0.05) is 11.5 Å². The summed E-state index contributed by atoms with van der Waals surface area (Å²) in [6.07, 6.45) is 4.95. The molecule has 0 aliphatic carbocycles. The van der Waals surface area contributed by atoms with E-state index in [0.29, 0.717) is 19.3 Å². The van der Waals surface area contributed by atoms with Crippen molar-refractivity contribution >= 4 is 15.9 Å². The summed E-state index contributed by atoms with van der Waals surface area (Å²) in [5.41, 5.74) is 1.35. The van der Waals surface area contributed by atoms with Gasteiger partial charge < -0.3 is 14.8 Å². The van der Waals surface area contributed by atoms with Crippen LogP contribution in [0.15, 0.2) is 16.6 Å². The number of hydrogen-bond acceptors (Lipinski definition) is 3. The van der Waals surface area contributed by atoms with Gasteiger partial charge >= 0.3 is 0 Å². The average Bonchev–Trinajstić information content (AvgIpc) is 2.60. The summed E-state index contributed by atoms with van der Waals surface area (Å²) in [7, 11) is 0. The Morgan fingerprint density at radius 2 is 2.05 bits per heavy atom. The number of nitrogens with one attached hydrogen (secondary N) is 1. The maximum Gasteiger partial charge on any atom is 0.175 e. The molecule has 2 heterocycles. The highest BCUT2D eigenvalue weighted by molar-refractivity contribution is 9.10. The highest BCUT2D eigenvalue weighted by atomic mass is 79.9. The average molecular weight is 354 g/mol. The third-order valence-corrected chi connectivity index (χ3v) is 4.78. The normalized spacial score (nSPS) is 24.4. The van der Waals surface area contributed by atoms with Crippen molar-refractivity contribution in [2.24, 2.45) is 5.41 Å². The second-order valence-electron chi connectivity index (χ2n) is 7.00. The van der Waals surface area contributed by atoms with Crippen LogP contribution in [0.4, 0.5) is 0 Å². The summed E-state index contributed by atoms with van der Waals surface area (Å²) >= 11 is 3.64. The number of rotatable bonds is 2. The van der Waals surface area contributed by atoms with E-state index in [9.17, 15) is 0 Å². The summed E-state index contributed by atoms with van der Waals surface area (Å²) in [6, 6.07) is 4.92. The predicted octanol–water partition coefficient (Wildman–Crippen LogP) is 3.93. The van der Waals surface area contributed by atoms with Crippen molar-refractivity contribution in [3.63, 3.8) is 0 Å². The molecule has 3 rings (SSSR count). The van der Waals surface area contributed by atoms with Gasteiger partial charge in [0.15, 0.2) is 11.5 Å². The minimum absolute atomic E-state index is 0.0452. The lowest BCUT2D eigenvalue weighted by atomic mass is 9.97. The Morgan fingerprint density at radius 3 is 2.81 bits per heavy atom. The van der Waals surface area contributed by atoms with E-state index < -0.39 is 0 Å². The molecule has 0 saturated carbocycles. The van der Waals surface area contributed by atoms with Crippen LogP contribution in [-0.2, 0) is 6.42 Å². The fourth-order valence-corrected chi connectivity index (χ4v) is 3.56. The Hall–Kier alpha value is -0.740. The van der Waals surface area contributed by atoms with E-state index in [1.165, 1.54) is 24.8 Å². The van der Waals surface area contributed by atoms with E-state index in [2.05, 4.69) is 47.2 Å². The van der Waals surface area contributed by atoms with Crippen LogP contribution in [0.2, 0.25) is 0 Å². The van der Waals surface area contributed by atoms with E-state index in [-0.39, 0.29) is 5.41 Å². The lowest BCUT2D eigenvalue weighted by molar-refractivity contribution is 0.140. The van der Waals surface area contributed by atoms with Crippen molar-refractivity contribution in [1.82, 2.24) is 5.32 Å². The van der Waals surface area contributed by atoms with Crippen LogP contribution in [0, 0.1) is 5.41 Å². The van der Waals surface area contributed by atoms with Gasteiger partial charge in [-0.2, -0.15) is 0 Å². The number of halogens is 1. The fourth-order valence-electron chi connectivity index (χ4n) is 2.95. The quantitative estimate of drug-likeness (QED) is 0.873. The van der Waals surface area contributed by atoms with Gasteiger partial charge in [-0.1, -0.05) is 20.3 Å². The second kappa shape index (κ2) is 6.17. The van der Waals surface area contributed by atoms with E-state index in [1.54, 1.807) is 0 Å². The summed E-state index contributed by atoms with van der Waals surface area (Å²) < 4.78 is 13.0. The van der Waals surface area contributed by atoms with E-state index in [4.69, 9.17) is 9.47 Å². The van der Waals surface area contributed by atoms with E-state index in [0.717, 1.165) is 28.9 Å². The maximum atomic E-state index is 6.00. The first-order chi connectivity index (χ1) is 10.0. The van der Waals surface area contributed by atoms with Crippen molar-refractivity contribution < 1.29 is 9.47 Å². The molecule has 21 heavy (non-hydrogen) atoms. The number of benzene rings is 1. The van der Waals surface area contributed by atoms with Crippen molar-refractivity contribution in [1.29, 1.82) is 0 Å². The molecule has 1 saturated heterocycles. The highest BCUT2D eigenvalue weighted by Crippen LogP contribution is 2.40. The van der Waals surface area contributed by atoms with Crippen LogP contribution in [-0.4, -0.2) is 25.8 Å². The molecule has 2 aliphatic heterocycles. The summed E-state index contributed by atoms with van der Waals surface area (Å²) in [5, 5.41) is 3.61. The number of fused-ring (bicyclic) bond motifs is 1. The van der Waals surface area contributed by atoms with Crippen LogP contribution in [0.3, 0.4) is 0 Å². The molecule has 1 aromatic carbocycles. The van der Waals surface area contributed by atoms with Gasteiger partial charge in [-0.15, -0.1) is 0 Å². The molecule has 0 bridgehead atoms. The summed E-state index contributed by atoms with van der Waals surface area (Å²) in [6.45, 7) is 6.85. The van der Waals surface area contributed by atoms with E-state index in [1.807, 2.05) is 0 Å². The van der Waals surface area contributed by atoms with Gasteiger partial charge in [0.05, 0.1) is 17.7 Å². The van der Waals surface area contributed by atoms with Gasteiger partial charge in [-0.05, 0) is 59.4 Å². The fraction of sp³-hybridized carbons (Fsp3) is 0.647. The smallest absolute Gasteiger partial charge is 0.175 e. The number of hydrogen-bond donors (Lipinski definition) is 1. The van der Waals surface area contributed by atoms with Crippen LogP contribution in [0.5, 0.6) is 11.5 Å². The molecule has 3 nitrogen and oxygen atoms in total. The second-order valence-corrected chi connectivity index (χ2v) is 7.85. The Balaban J connectivity index is 1.79. The minimum atomic E-state index is 0.0452. The molecule has 1 fully saturated rings. The summed E-state index contributed by atoms with van der Waals surface area (Å²) in [4.78, 5) is 0. The van der Waals surface area contributed by atoms with Gasteiger partial charge in [-0.25, -0.2) is 0 Å². The SMILES string of the molecule is CC1(C)COc2cc(CC3CCCCN3)cc(Br)c2OC1. The third-order valence-electron chi connectivity index (χ3n) is 4.19. The first kappa shape index (κ1) is 15.2. The maximum absolute atomic E-state index is 6.00.